The van der Waals surface area contributed by atoms with Crippen molar-refractivity contribution in [2.24, 2.45) is 5.92 Å². The zero-order valence-corrected chi connectivity index (χ0v) is 20.0. The van der Waals surface area contributed by atoms with E-state index in [1.54, 1.807) is 7.11 Å². The normalized spacial score (nSPS) is 18.2. The van der Waals surface area contributed by atoms with Crippen molar-refractivity contribution in [3.05, 3.63) is 64.8 Å². The van der Waals surface area contributed by atoms with Crippen molar-refractivity contribution in [2.75, 3.05) is 26.9 Å². The molecule has 32 heavy (non-hydrogen) atoms. The van der Waals surface area contributed by atoms with Gasteiger partial charge in [0.1, 0.15) is 11.4 Å². The minimum Gasteiger partial charge on any atom is -0.494 e. The largest absolute Gasteiger partial charge is 0.494 e. The molecule has 1 aromatic heterocycles. The summed E-state index contributed by atoms with van der Waals surface area (Å²) in [6, 6.07) is 16.0. The number of rotatable bonds is 6. The molecule has 1 fully saturated rings. The minimum atomic E-state index is 0. The molecule has 0 unspecified atom stereocenters. The molecule has 5 rings (SSSR count). The molecule has 2 aliphatic rings. The molecule has 0 saturated carbocycles. The Morgan fingerprint density at radius 2 is 1.81 bits per heavy atom. The second-order valence-corrected chi connectivity index (χ2v) is 8.72. The van der Waals surface area contributed by atoms with Crippen LogP contribution in [0, 0.1) is 5.92 Å². The van der Waals surface area contributed by atoms with E-state index in [1.807, 2.05) is 41.1 Å². The first kappa shape index (κ1) is 23.2. The van der Waals surface area contributed by atoms with Crippen LogP contribution in [0.4, 0.5) is 0 Å². The average molecular weight is 473 g/mol. The van der Waals surface area contributed by atoms with Gasteiger partial charge in [-0.1, -0.05) is 35.9 Å². The van der Waals surface area contributed by atoms with Crippen molar-refractivity contribution >= 4 is 25.1 Å². The lowest BCUT2D eigenvalue weighted by molar-refractivity contribution is -0.00744. The third-order valence-corrected chi connectivity index (χ3v) is 6.51. The fourth-order valence-corrected chi connectivity index (χ4v) is 4.70. The monoisotopic (exact) mass is 472 g/mol. The molecule has 3 aromatic rings. The first-order chi connectivity index (χ1) is 15.2. The first-order valence-corrected chi connectivity index (χ1v) is 11.3. The van der Waals surface area contributed by atoms with Gasteiger partial charge in [0, 0.05) is 48.8 Å². The standard InChI is InChI=1S/C25H27ClN2O3.H2S/c1-29-24-5-3-2-4-23(24)28-25(18-6-8-19(26)9-7-18)21-14-20(15-22(21)27-28)31-16-17-10-12-30-13-11-17;/h2-9,17,20H,10-16H2,1H3;1H2/t20-;/m0./s1. The van der Waals surface area contributed by atoms with Gasteiger partial charge in [-0.2, -0.15) is 18.6 Å². The number of halogens is 1. The number of aromatic nitrogens is 2. The lowest BCUT2D eigenvalue weighted by Gasteiger charge is -2.23. The molecule has 1 atom stereocenters. The summed E-state index contributed by atoms with van der Waals surface area (Å²) >= 11 is 6.16. The van der Waals surface area contributed by atoms with Crippen molar-refractivity contribution in [1.29, 1.82) is 0 Å². The van der Waals surface area contributed by atoms with Gasteiger partial charge >= 0.3 is 0 Å². The quantitative estimate of drug-likeness (QED) is 0.493. The van der Waals surface area contributed by atoms with Crippen molar-refractivity contribution in [2.45, 2.75) is 31.8 Å². The molecule has 0 bridgehead atoms. The predicted octanol–water partition coefficient (Wildman–Crippen LogP) is 5.22. The number of hydrogen-bond donors (Lipinski definition) is 0. The number of benzene rings is 2. The molecule has 2 aromatic carbocycles. The molecule has 170 valence electrons. The van der Waals surface area contributed by atoms with Gasteiger partial charge in [-0.25, -0.2) is 4.68 Å². The number of para-hydroxylation sites is 2. The van der Waals surface area contributed by atoms with Crippen LogP contribution in [0.3, 0.4) is 0 Å². The van der Waals surface area contributed by atoms with Gasteiger partial charge in [0.2, 0.25) is 0 Å². The number of hydrogen-bond acceptors (Lipinski definition) is 4. The summed E-state index contributed by atoms with van der Waals surface area (Å²) in [4.78, 5) is 0. The van der Waals surface area contributed by atoms with E-state index in [0.29, 0.717) is 5.92 Å². The summed E-state index contributed by atoms with van der Waals surface area (Å²) in [5, 5.41) is 5.74. The Labute approximate surface area is 201 Å². The number of fused-ring (bicyclic) bond motifs is 1. The minimum absolute atomic E-state index is 0. The van der Waals surface area contributed by atoms with Crippen LogP contribution in [0.1, 0.15) is 24.1 Å². The Morgan fingerprint density at radius 3 is 2.56 bits per heavy atom. The van der Waals surface area contributed by atoms with Gasteiger partial charge in [0.15, 0.2) is 0 Å². The van der Waals surface area contributed by atoms with E-state index in [0.717, 1.165) is 78.9 Å². The van der Waals surface area contributed by atoms with E-state index in [4.69, 9.17) is 30.9 Å². The van der Waals surface area contributed by atoms with Gasteiger partial charge in [-0.05, 0) is 43.0 Å². The maximum atomic E-state index is 6.33. The Morgan fingerprint density at radius 1 is 1.06 bits per heavy atom. The third kappa shape index (κ3) is 4.69. The summed E-state index contributed by atoms with van der Waals surface area (Å²) in [6.07, 6.45) is 4.06. The van der Waals surface area contributed by atoms with Crippen LogP contribution in [0.5, 0.6) is 5.75 Å². The molecule has 7 heteroatoms. The summed E-state index contributed by atoms with van der Waals surface area (Å²) in [5.41, 5.74) is 5.48. The van der Waals surface area contributed by atoms with Crippen LogP contribution in [0.2, 0.25) is 5.02 Å². The van der Waals surface area contributed by atoms with Crippen molar-refractivity contribution in [3.8, 4) is 22.7 Å². The highest BCUT2D eigenvalue weighted by molar-refractivity contribution is 7.59. The first-order valence-electron chi connectivity index (χ1n) is 10.9. The maximum Gasteiger partial charge on any atom is 0.144 e. The van der Waals surface area contributed by atoms with Crippen LogP contribution >= 0.6 is 25.1 Å². The second-order valence-electron chi connectivity index (χ2n) is 8.28. The molecule has 1 saturated heterocycles. The van der Waals surface area contributed by atoms with Gasteiger partial charge in [-0.15, -0.1) is 0 Å². The smallest absolute Gasteiger partial charge is 0.144 e. The predicted molar refractivity (Wildman–Crippen MR) is 132 cm³/mol. The van der Waals surface area contributed by atoms with Crippen molar-refractivity contribution < 1.29 is 14.2 Å². The van der Waals surface area contributed by atoms with Crippen LogP contribution in [0.25, 0.3) is 16.9 Å². The maximum absolute atomic E-state index is 6.33. The molecule has 0 N–H and O–H groups in total. The van der Waals surface area contributed by atoms with Crippen molar-refractivity contribution in [3.63, 3.8) is 0 Å². The van der Waals surface area contributed by atoms with Gasteiger partial charge in [0.05, 0.1) is 24.6 Å². The average Bonchev–Trinajstić information content (AvgIpc) is 3.36. The van der Waals surface area contributed by atoms with E-state index in [2.05, 4.69) is 12.1 Å². The van der Waals surface area contributed by atoms with Gasteiger partial charge in [0.25, 0.3) is 0 Å². The summed E-state index contributed by atoms with van der Waals surface area (Å²) in [7, 11) is 1.69. The van der Waals surface area contributed by atoms with E-state index < -0.39 is 0 Å². The summed E-state index contributed by atoms with van der Waals surface area (Å²) in [6.45, 7) is 2.51. The highest BCUT2D eigenvalue weighted by atomic mass is 35.5. The molecular weight excluding hydrogens is 444 g/mol. The highest BCUT2D eigenvalue weighted by Gasteiger charge is 2.32. The Balaban J connectivity index is 0.00000245. The zero-order chi connectivity index (χ0) is 21.2. The second kappa shape index (κ2) is 10.3. The van der Waals surface area contributed by atoms with Crippen LogP contribution in [-0.4, -0.2) is 42.8 Å². The topological polar surface area (TPSA) is 45.5 Å². The molecule has 5 nitrogen and oxygen atoms in total. The van der Waals surface area contributed by atoms with E-state index in [1.165, 1.54) is 5.56 Å². The molecule has 0 amide bonds. The van der Waals surface area contributed by atoms with Crippen LogP contribution in [-0.2, 0) is 22.3 Å². The molecule has 1 aliphatic carbocycles. The summed E-state index contributed by atoms with van der Waals surface area (Å²) < 4.78 is 19.4. The number of methoxy groups -OCH3 is 1. The Bertz CT molecular complexity index is 1050. The number of nitrogens with zero attached hydrogens (tertiary/aromatic N) is 2. The number of ether oxygens (including phenoxy) is 3. The highest BCUT2D eigenvalue weighted by Crippen LogP contribution is 2.37. The van der Waals surface area contributed by atoms with Crippen LogP contribution in [0.15, 0.2) is 48.5 Å². The molecule has 2 heterocycles. The van der Waals surface area contributed by atoms with E-state index >= 15 is 0 Å². The lowest BCUT2D eigenvalue weighted by Crippen LogP contribution is -2.24. The Kier molecular flexibility index (Phi) is 7.46. The SMILES string of the molecule is COc1ccccc1-n1nc2c(c1-c1ccc(Cl)cc1)C[C@H](OCC1CCOCC1)C2.S. The van der Waals surface area contributed by atoms with Gasteiger partial charge < -0.3 is 14.2 Å². The van der Waals surface area contributed by atoms with Gasteiger partial charge in [-0.3, -0.25) is 0 Å². The third-order valence-electron chi connectivity index (χ3n) is 6.26. The fraction of sp³-hybridized carbons (Fsp3) is 0.400. The van der Waals surface area contributed by atoms with Crippen LogP contribution < -0.4 is 4.74 Å². The zero-order valence-electron chi connectivity index (χ0n) is 18.2. The molecular formula is C25H29ClN2O3S. The lowest BCUT2D eigenvalue weighted by atomic mass is 10.0. The Hall–Kier alpha value is -1.99. The molecule has 1 aliphatic heterocycles. The van der Waals surface area contributed by atoms with E-state index in [-0.39, 0.29) is 19.6 Å². The molecule has 0 spiro atoms. The summed E-state index contributed by atoms with van der Waals surface area (Å²) in [5.74, 6) is 1.40. The van der Waals surface area contributed by atoms with E-state index in [9.17, 15) is 0 Å². The molecule has 0 radical (unpaired) electrons. The fourth-order valence-electron chi connectivity index (χ4n) is 4.58. The van der Waals surface area contributed by atoms with Crippen molar-refractivity contribution in [1.82, 2.24) is 9.78 Å².